The van der Waals surface area contributed by atoms with Crippen LogP contribution in [0.3, 0.4) is 0 Å². The number of anilines is 6. The van der Waals surface area contributed by atoms with Crippen LogP contribution in [-0.2, 0) is 0 Å². The number of nitrogens with zero attached hydrogens (tertiary/aromatic N) is 3. The van der Waals surface area contributed by atoms with Crippen molar-refractivity contribution in [1.82, 2.24) is 4.57 Å². The number of rotatable bonds is 12. The van der Waals surface area contributed by atoms with Crippen LogP contribution in [0.15, 0.2) is 297 Å². The third-order valence-electron chi connectivity index (χ3n) is 13.7. The highest BCUT2D eigenvalue weighted by molar-refractivity contribution is 7.20. The molecule has 0 aliphatic heterocycles. The number of hydrogen-bond donors (Lipinski definition) is 0. The first-order valence-electron chi connectivity index (χ1n) is 24.0. The standard InChI is InChI=1S/C66H49N3Si/c1-8-22-50(23-9-1)51-36-38-55(39-37-51)68(57-42-40-56(41-43-57)67(52-24-10-2-11-25-52)53-26-12-3-13-27-53)58-44-46-65-63(48-58)64-49-62(45-47-66(64)69(65)54-28-14-4-15-29-54)70(59-30-16-5-17-31-59,60-32-18-6-19-33-60)61-34-20-7-21-35-61/h1-49H. The Hall–Kier alpha value is -8.96. The number of aromatic nitrogens is 1. The Labute approximate surface area is 411 Å². The first kappa shape index (κ1) is 42.4. The molecule has 0 fully saturated rings. The van der Waals surface area contributed by atoms with Crippen LogP contribution in [0.25, 0.3) is 38.6 Å². The Balaban J connectivity index is 1.08. The van der Waals surface area contributed by atoms with Gasteiger partial charge in [-0.15, -0.1) is 0 Å². The van der Waals surface area contributed by atoms with Gasteiger partial charge in [0.05, 0.1) is 11.0 Å². The summed E-state index contributed by atoms with van der Waals surface area (Å²) in [7, 11) is -2.84. The first-order chi connectivity index (χ1) is 34.7. The van der Waals surface area contributed by atoms with Gasteiger partial charge in [0.25, 0.3) is 0 Å². The molecule has 4 heteroatoms. The van der Waals surface area contributed by atoms with E-state index < -0.39 is 8.07 Å². The average molecular weight is 912 g/mol. The topological polar surface area (TPSA) is 11.4 Å². The van der Waals surface area contributed by atoms with Crippen LogP contribution in [0.1, 0.15) is 0 Å². The summed E-state index contributed by atoms with van der Waals surface area (Å²) >= 11 is 0. The van der Waals surface area contributed by atoms with Crippen LogP contribution in [0.4, 0.5) is 34.1 Å². The number of hydrogen-bond acceptors (Lipinski definition) is 2. The van der Waals surface area contributed by atoms with E-state index >= 15 is 0 Å². The summed E-state index contributed by atoms with van der Waals surface area (Å²) in [4.78, 5) is 4.72. The molecule has 0 bridgehead atoms. The maximum Gasteiger partial charge on any atom is 0.179 e. The van der Waals surface area contributed by atoms with E-state index in [9.17, 15) is 0 Å². The molecule has 0 saturated carbocycles. The second kappa shape index (κ2) is 18.6. The highest BCUT2D eigenvalue weighted by Gasteiger charge is 2.41. The molecule has 0 unspecified atom stereocenters. The van der Waals surface area contributed by atoms with E-state index in [1.54, 1.807) is 0 Å². The Morgan fingerprint density at radius 3 is 1.04 bits per heavy atom. The summed E-state index contributed by atoms with van der Waals surface area (Å²) in [5.41, 5.74) is 12.3. The van der Waals surface area contributed by atoms with Gasteiger partial charge in [0.15, 0.2) is 8.07 Å². The molecule has 0 aliphatic rings. The van der Waals surface area contributed by atoms with Gasteiger partial charge in [0.2, 0.25) is 0 Å². The fourth-order valence-corrected chi connectivity index (χ4v) is 15.3. The molecule has 0 N–H and O–H groups in total. The molecule has 0 saturated heterocycles. The minimum atomic E-state index is -2.84. The second-order valence-corrected chi connectivity index (χ2v) is 21.5. The molecule has 11 aromatic carbocycles. The predicted molar refractivity (Wildman–Crippen MR) is 299 cm³/mol. The summed E-state index contributed by atoms with van der Waals surface area (Å²) < 4.78 is 2.44. The maximum atomic E-state index is 2.52. The van der Waals surface area contributed by atoms with Crippen molar-refractivity contribution in [3.8, 4) is 16.8 Å². The third kappa shape index (κ3) is 7.67. The van der Waals surface area contributed by atoms with E-state index in [1.807, 2.05) is 0 Å². The van der Waals surface area contributed by atoms with Crippen LogP contribution >= 0.6 is 0 Å². The smallest absolute Gasteiger partial charge is 0.179 e. The highest BCUT2D eigenvalue weighted by atomic mass is 28.3. The van der Waals surface area contributed by atoms with Gasteiger partial charge in [-0.2, -0.15) is 0 Å². The molecule has 1 aromatic heterocycles. The van der Waals surface area contributed by atoms with Crippen molar-refractivity contribution in [2.75, 3.05) is 9.80 Å². The Morgan fingerprint density at radius 1 is 0.243 bits per heavy atom. The molecule has 12 aromatic rings. The fourth-order valence-electron chi connectivity index (χ4n) is 10.5. The molecule has 0 radical (unpaired) electrons. The lowest BCUT2D eigenvalue weighted by Crippen LogP contribution is -2.74. The van der Waals surface area contributed by atoms with Gasteiger partial charge in [0, 0.05) is 50.6 Å². The minimum absolute atomic E-state index is 1.06. The lowest BCUT2D eigenvalue weighted by Gasteiger charge is -2.34. The number of para-hydroxylation sites is 3. The summed E-state index contributed by atoms with van der Waals surface area (Å²) in [6.45, 7) is 0. The maximum absolute atomic E-state index is 2.84. The van der Waals surface area contributed by atoms with Crippen LogP contribution in [0, 0.1) is 0 Å². The average Bonchev–Trinajstić information content (AvgIpc) is 3.77. The normalized spacial score (nSPS) is 11.4. The van der Waals surface area contributed by atoms with Crippen molar-refractivity contribution in [2.45, 2.75) is 0 Å². The summed E-state index contributed by atoms with van der Waals surface area (Å²) in [6.07, 6.45) is 0. The predicted octanol–water partition coefficient (Wildman–Crippen LogP) is 14.8. The largest absolute Gasteiger partial charge is 0.311 e. The van der Waals surface area contributed by atoms with Crippen molar-refractivity contribution in [3.63, 3.8) is 0 Å². The Morgan fingerprint density at radius 2 is 0.571 bits per heavy atom. The van der Waals surface area contributed by atoms with E-state index in [1.165, 1.54) is 48.2 Å². The molecule has 12 rings (SSSR count). The van der Waals surface area contributed by atoms with Crippen molar-refractivity contribution < 1.29 is 0 Å². The van der Waals surface area contributed by atoms with Gasteiger partial charge in [-0.05, 0) is 129 Å². The molecule has 70 heavy (non-hydrogen) atoms. The summed E-state index contributed by atoms with van der Waals surface area (Å²) in [6, 6.07) is 109. The number of fused-ring (bicyclic) bond motifs is 3. The third-order valence-corrected chi connectivity index (χ3v) is 18.5. The monoisotopic (exact) mass is 911 g/mol. The molecule has 1 heterocycles. The quantitative estimate of drug-likeness (QED) is 0.0894. The van der Waals surface area contributed by atoms with E-state index in [0.717, 1.165) is 45.3 Å². The molecular formula is C66H49N3Si. The fraction of sp³-hybridized carbons (Fsp3) is 0. The molecule has 0 amide bonds. The molecular weight excluding hydrogens is 863 g/mol. The van der Waals surface area contributed by atoms with E-state index in [0.29, 0.717) is 0 Å². The highest BCUT2D eigenvalue weighted by Crippen LogP contribution is 2.42. The van der Waals surface area contributed by atoms with Crippen molar-refractivity contribution in [3.05, 3.63) is 297 Å². The van der Waals surface area contributed by atoms with Crippen molar-refractivity contribution >= 4 is 84.8 Å². The van der Waals surface area contributed by atoms with Gasteiger partial charge in [-0.25, -0.2) is 0 Å². The zero-order valence-corrected chi connectivity index (χ0v) is 39.6. The minimum Gasteiger partial charge on any atom is -0.311 e. The van der Waals surface area contributed by atoms with Crippen LogP contribution < -0.4 is 30.5 Å². The van der Waals surface area contributed by atoms with Crippen molar-refractivity contribution in [1.29, 1.82) is 0 Å². The summed E-state index contributed by atoms with van der Waals surface area (Å²) in [5.74, 6) is 0. The zero-order valence-electron chi connectivity index (χ0n) is 38.6. The summed E-state index contributed by atoms with van der Waals surface area (Å²) in [5, 5.41) is 7.81. The van der Waals surface area contributed by atoms with E-state index in [4.69, 9.17) is 0 Å². The number of benzene rings is 11. The lowest BCUT2D eigenvalue weighted by atomic mass is 10.0. The molecule has 3 nitrogen and oxygen atoms in total. The van der Waals surface area contributed by atoms with E-state index in [2.05, 4.69) is 312 Å². The van der Waals surface area contributed by atoms with Gasteiger partial charge in [-0.1, -0.05) is 200 Å². The SMILES string of the molecule is c1ccc(-c2ccc(N(c3ccc(N(c4ccccc4)c4ccccc4)cc3)c3ccc4c(c3)c3cc([Si](c5ccccc5)(c5ccccc5)c5ccccc5)ccc3n4-c3ccccc3)cc2)cc1. The molecule has 0 spiro atoms. The van der Waals surface area contributed by atoms with Crippen LogP contribution in [0.2, 0.25) is 0 Å². The van der Waals surface area contributed by atoms with Crippen LogP contribution in [0.5, 0.6) is 0 Å². The van der Waals surface area contributed by atoms with Gasteiger partial charge < -0.3 is 14.4 Å². The van der Waals surface area contributed by atoms with E-state index in [-0.39, 0.29) is 0 Å². The zero-order chi connectivity index (χ0) is 46.7. The molecule has 0 atom stereocenters. The molecule has 0 aliphatic carbocycles. The lowest BCUT2D eigenvalue weighted by molar-refractivity contribution is 1.18. The van der Waals surface area contributed by atoms with Gasteiger partial charge in [0.1, 0.15) is 0 Å². The Bertz CT molecular complexity index is 3520. The first-order valence-corrected chi connectivity index (χ1v) is 26.0. The van der Waals surface area contributed by atoms with Gasteiger partial charge >= 0.3 is 0 Å². The molecule has 332 valence electrons. The van der Waals surface area contributed by atoms with Gasteiger partial charge in [-0.3, -0.25) is 0 Å². The Kier molecular flexibility index (Phi) is 11.3. The second-order valence-electron chi connectivity index (χ2n) is 17.7. The van der Waals surface area contributed by atoms with Crippen LogP contribution in [-0.4, -0.2) is 12.6 Å². The van der Waals surface area contributed by atoms with Crippen molar-refractivity contribution in [2.24, 2.45) is 0 Å².